The van der Waals surface area contributed by atoms with Crippen molar-refractivity contribution in [1.82, 2.24) is 4.98 Å². The molecule has 0 bridgehead atoms. The van der Waals surface area contributed by atoms with E-state index in [9.17, 15) is 8.42 Å². The fraction of sp³-hybridized carbons (Fsp3) is 0. The summed E-state index contributed by atoms with van der Waals surface area (Å²) in [5.74, 6) is 0. The summed E-state index contributed by atoms with van der Waals surface area (Å²) < 4.78 is 20.4. The predicted molar refractivity (Wildman–Crippen MR) is 78.6 cm³/mol. The number of hydrogen-bond acceptors (Lipinski definition) is 4. The average molecular weight is 303 g/mol. The van der Waals surface area contributed by atoms with Crippen LogP contribution in [-0.4, -0.2) is 18.9 Å². The van der Waals surface area contributed by atoms with Crippen LogP contribution in [-0.2, 0) is 21.6 Å². The maximum atomic E-state index is 10.2. The van der Waals surface area contributed by atoms with Crippen molar-refractivity contribution in [2.24, 2.45) is 0 Å². The Morgan fingerprint density at radius 2 is 1.28 bits per heavy atom. The molecule has 0 aliphatic carbocycles. The smallest absolute Gasteiger partial charge is 0.0791 e. The highest BCUT2D eigenvalue weighted by atomic mass is 32.2. The molecule has 3 heterocycles. The molecule has 1 aromatic heterocycles. The van der Waals surface area contributed by atoms with Gasteiger partial charge in [-0.25, -0.2) is 0 Å². The first-order valence-corrected chi connectivity index (χ1v) is 8.09. The van der Waals surface area contributed by atoms with Gasteiger partial charge in [-0.2, -0.15) is 0 Å². The minimum atomic E-state index is -0.784. The molecular formula is C11H13NO3S3. The van der Waals surface area contributed by atoms with E-state index in [4.69, 9.17) is 0 Å². The van der Waals surface area contributed by atoms with Crippen LogP contribution in [0.4, 0.5) is 0 Å². The van der Waals surface area contributed by atoms with Gasteiger partial charge in [-0.3, -0.25) is 13.4 Å². The van der Waals surface area contributed by atoms with E-state index in [1.54, 1.807) is 69.0 Å². The second kappa shape index (κ2) is 11.0. The van der Waals surface area contributed by atoms with Crippen molar-refractivity contribution < 1.29 is 13.9 Å². The van der Waals surface area contributed by atoms with E-state index < -0.39 is 21.6 Å². The molecular weight excluding hydrogens is 290 g/mol. The fourth-order valence-corrected chi connectivity index (χ4v) is 2.27. The standard InChI is InChI=1S/2C4H4OS.C3H3NS.H2O/c2*5-6-3-1-2-4-6;1-2-5-3-4-1;/h2*1-4H;1-3H;1H2. The van der Waals surface area contributed by atoms with Gasteiger partial charge < -0.3 is 5.48 Å². The van der Waals surface area contributed by atoms with Gasteiger partial charge in [0.1, 0.15) is 0 Å². The zero-order valence-corrected chi connectivity index (χ0v) is 11.8. The highest BCUT2D eigenvalue weighted by Gasteiger charge is 1.86. The molecule has 0 spiro atoms. The first-order chi connectivity index (χ1) is 8.29. The van der Waals surface area contributed by atoms with Crippen molar-refractivity contribution in [3.63, 3.8) is 0 Å². The SMILES string of the molecule is O.O=S1C=CC=C1.O=S1C=CC=C1.c1cscn1. The third-order valence-electron chi connectivity index (χ3n) is 1.42. The maximum Gasteiger partial charge on any atom is 0.0791 e. The van der Waals surface area contributed by atoms with E-state index in [0.29, 0.717) is 0 Å². The van der Waals surface area contributed by atoms with Crippen LogP contribution in [0, 0.1) is 0 Å². The lowest BCUT2D eigenvalue weighted by atomic mass is 10.6. The zero-order valence-electron chi connectivity index (χ0n) is 9.34. The largest absolute Gasteiger partial charge is 0.412 e. The van der Waals surface area contributed by atoms with Gasteiger partial charge in [0.25, 0.3) is 0 Å². The molecule has 7 heteroatoms. The lowest BCUT2D eigenvalue weighted by molar-refractivity contribution is 0.692. The third-order valence-corrected chi connectivity index (χ3v) is 3.64. The van der Waals surface area contributed by atoms with Crippen molar-refractivity contribution in [2.45, 2.75) is 0 Å². The number of aromatic nitrogens is 1. The summed E-state index contributed by atoms with van der Waals surface area (Å²) in [5, 5.41) is 8.49. The maximum absolute atomic E-state index is 10.2. The summed E-state index contributed by atoms with van der Waals surface area (Å²) in [4.78, 5) is 3.74. The molecule has 0 amide bonds. The van der Waals surface area contributed by atoms with Crippen molar-refractivity contribution in [2.75, 3.05) is 0 Å². The Morgan fingerprint density at radius 1 is 0.833 bits per heavy atom. The van der Waals surface area contributed by atoms with Crippen LogP contribution in [0.5, 0.6) is 0 Å². The molecule has 0 fully saturated rings. The second-order valence-corrected chi connectivity index (χ2v) is 5.80. The molecule has 1 aromatic rings. The summed E-state index contributed by atoms with van der Waals surface area (Å²) in [6.45, 7) is 0. The van der Waals surface area contributed by atoms with Crippen molar-refractivity contribution in [3.05, 3.63) is 63.0 Å². The molecule has 18 heavy (non-hydrogen) atoms. The molecule has 98 valence electrons. The van der Waals surface area contributed by atoms with E-state index in [0.717, 1.165) is 0 Å². The Bertz CT molecular complexity index is 399. The highest BCUT2D eigenvalue weighted by molar-refractivity contribution is 7.91. The minimum Gasteiger partial charge on any atom is -0.412 e. The quantitative estimate of drug-likeness (QED) is 0.734. The molecule has 4 nitrogen and oxygen atoms in total. The number of rotatable bonds is 0. The van der Waals surface area contributed by atoms with E-state index >= 15 is 0 Å². The van der Waals surface area contributed by atoms with Gasteiger partial charge in [-0.15, -0.1) is 11.3 Å². The van der Waals surface area contributed by atoms with Gasteiger partial charge in [0.05, 0.1) is 27.1 Å². The number of hydrogen-bond donors (Lipinski definition) is 0. The topological polar surface area (TPSA) is 78.5 Å². The normalized spacial score (nSPS) is 15.6. The lowest BCUT2D eigenvalue weighted by Crippen LogP contribution is -1.63. The van der Waals surface area contributed by atoms with Gasteiger partial charge in [0.2, 0.25) is 0 Å². The van der Waals surface area contributed by atoms with E-state index in [1.165, 1.54) is 0 Å². The van der Waals surface area contributed by atoms with Crippen LogP contribution in [0.2, 0.25) is 0 Å². The molecule has 0 saturated carbocycles. The molecule has 2 N–H and O–H groups in total. The van der Waals surface area contributed by atoms with E-state index in [1.807, 2.05) is 5.38 Å². The summed E-state index contributed by atoms with van der Waals surface area (Å²) in [6, 6.07) is 0. The van der Waals surface area contributed by atoms with Crippen molar-refractivity contribution in [3.8, 4) is 0 Å². The van der Waals surface area contributed by atoms with Crippen LogP contribution in [0.25, 0.3) is 0 Å². The Balaban J connectivity index is 0.000000235. The first-order valence-electron chi connectivity index (χ1n) is 4.60. The molecule has 3 rings (SSSR count). The summed E-state index contributed by atoms with van der Waals surface area (Å²) in [5.41, 5.74) is 1.79. The molecule has 0 radical (unpaired) electrons. The lowest BCUT2D eigenvalue weighted by Gasteiger charge is -1.65. The summed E-state index contributed by atoms with van der Waals surface area (Å²) in [7, 11) is -1.57. The van der Waals surface area contributed by atoms with Gasteiger partial charge in [0, 0.05) is 33.2 Å². The first kappa shape index (κ1) is 16.9. The number of nitrogens with zero attached hydrogens (tertiary/aromatic N) is 1. The number of allylic oxidation sites excluding steroid dienone is 4. The Hall–Kier alpha value is -1.15. The van der Waals surface area contributed by atoms with Gasteiger partial charge in [-0.1, -0.05) is 24.3 Å². The van der Waals surface area contributed by atoms with Crippen LogP contribution in [0.1, 0.15) is 0 Å². The molecule has 2 aliphatic rings. The van der Waals surface area contributed by atoms with Crippen molar-refractivity contribution in [1.29, 1.82) is 0 Å². The summed E-state index contributed by atoms with van der Waals surface area (Å²) in [6.07, 6.45) is 8.86. The molecule has 0 aromatic carbocycles. The molecule has 2 aliphatic heterocycles. The highest BCUT2D eigenvalue weighted by Crippen LogP contribution is 1.95. The summed E-state index contributed by atoms with van der Waals surface area (Å²) >= 11 is 1.60. The van der Waals surface area contributed by atoms with Gasteiger partial charge >= 0.3 is 0 Å². The second-order valence-electron chi connectivity index (χ2n) is 2.65. The predicted octanol–water partition coefficient (Wildman–Crippen LogP) is 1.87. The van der Waals surface area contributed by atoms with E-state index in [2.05, 4.69) is 4.98 Å². The van der Waals surface area contributed by atoms with Crippen LogP contribution < -0.4 is 0 Å². The molecule has 0 atom stereocenters. The number of thiazole rings is 1. The fourth-order valence-electron chi connectivity index (χ4n) is 0.758. The third kappa shape index (κ3) is 8.94. The van der Waals surface area contributed by atoms with Crippen LogP contribution in [0.3, 0.4) is 0 Å². The molecule has 0 saturated heterocycles. The minimum absolute atomic E-state index is 0. The molecule has 0 unspecified atom stereocenters. The Morgan fingerprint density at radius 3 is 1.39 bits per heavy atom. The Kier molecular flexibility index (Phi) is 10.3. The van der Waals surface area contributed by atoms with Crippen LogP contribution in [0.15, 0.2) is 63.0 Å². The monoisotopic (exact) mass is 303 g/mol. The van der Waals surface area contributed by atoms with Crippen molar-refractivity contribution >= 4 is 32.9 Å². The van der Waals surface area contributed by atoms with Gasteiger partial charge in [-0.05, 0) is 0 Å². The van der Waals surface area contributed by atoms with E-state index in [-0.39, 0.29) is 5.48 Å². The van der Waals surface area contributed by atoms with Crippen LogP contribution >= 0.6 is 11.3 Å². The zero-order chi connectivity index (χ0) is 12.3. The Labute approximate surface area is 115 Å². The van der Waals surface area contributed by atoms with Gasteiger partial charge in [0.15, 0.2) is 0 Å². The average Bonchev–Trinajstić information content (AvgIpc) is 2.99.